The van der Waals surface area contributed by atoms with Crippen LogP contribution in [0.15, 0.2) is 48.5 Å². The molecule has 0 nitrogen and oxygen atoms in total. The van der Waals surface area contributed by atoms with Crippen molar-refractivity contribution in [1.29, 1.82) is 0 Å². The lowest BCUT2D eigenvalue weighted by Gasteiger charge is -2.18. The molecule has 78 valence electrons. The molecule has 0 saturated heterocycles. The van der Waals surface area contributed by atoms with E-state index in [1.54, 1.807) is 0 Å². The molecule has 0 aromatic heterocycles. The van der Waals surface area contributed by atoms with Crippen molar-refractivity contribution in [3.8, 4) is 11.1 Å². The van der Waals surface area contributed by atoms with E-state index < -0.39 is 0 Å². The van der Waals surface area contributed by atoms with Gasteiger partial charge in [-0.05, 0) is 22.3 Å². The van der Waals surface area contributed by atoms with Crippen molar-refractivity contribution in [3.63, 3.8) is 0 Å². The summed E-state index contributed by atoms with van der Waals surface area (Å²) in [7, 11) is 0. The lowest BCUT2D eigenvalue weighted by molar-refractivity contribution is 1.01. The Bertz CT molecular complexity index is 522. The summed E-state index contributed by atoms with van der Waals surface area (Å²) in [5.41, 5.74) is 5.91. The highest BCUT2D eigenvalue weighted by Crippen LogP contribution is 2.65. The normalized spacial score (nSPS) is 28.9. The number of halogens is 1. The van der Waals surface area contributed by atoms with Crippen LogP contribution in [0.3, 0.4) is 0 Å². The van der Waals surface area contributed by atoms with Crippen LogP contribution in [-0.2, 0) is 0 Å². The Balaban J connectivity index is 2.07. The molecule has 0 amide bonds. The van der Waals surface area contributed by atoms with E-state index in [1.807, 2.05) is 0 Å². The molecule has 0 radical (unpaired) electrons. The molecule has 0 N–H and O–H groups in total. The second-order valence-electron chi connectivity index (χ2n) is 4.67. The smallest absolute Gasteiger partial charge is 0.0296 e. The molecule has 0 heterocycles. The van der Waals surface area contributed by atoms with Gasteiger partial charge in [-0.2, -0.15) is 0 Å². The third-order valence-corrected chi connectivity index (χ3v) is 5.00. The summed E-state index contributed by atoms with van der Waals surface area (Å²) >= 11 is 3.82. The van der Waals surface area contributed by atoms with Crippen LogP contribution in [-0.4, -0.2) is 4.83 Å². The fourth-order valence-corrected chi connectivity index (χ4v) is 4.12. The zero-order valence-corrected chi connectivity index (χ0v) is 10.3. The van der Waals surface area contributed by atoms with Gasteiger partial charge in [-0.1, -0.05) is 64.5 Å². The molecule has 2 aromatic rings. The number of hydrogen-bond acceptors (Lipinski definition) is 0. The first kappa shape index (κ1) is 9.00. The first-order chi connectivity index (χ1) is 7.88. The first-order valence-corrected chi connectivity index (χ1v) is 6.62. The maximum atomic E-state index is 3.82. The van der Waals surface area contributed by atoms with E-state index in [1.165, 1.54) is 22.3 Å². The molecular weight excluding hydrogens is 260 g/mol. The first-order valence-electron chi connectivity index (χ1n) is 5.70. The molecule has 2 atom stereocenters. The van der Waals surface area contributed by atoms with Gasteiger partial charge in [0.15, 0.2) is 0 Å². The van der Waals surface area contributed by atoms with Gasteiger partial charge in [0, 0.05) is 16.7 Å². The van der Waals surface area contributed by atoms with Crippen LogP contribution in [0.25, 0.3) is 11.1 Å². The van der Waals surface area contributed by atoms with Crippen molar-refractivity contribution in [3.05, 3.63) is 59.7 Å². The summed E-state index contributed by atoms with van der Waals surface area (Å²) < 4.78 is 0. The fraction of sp³-hybridized carbons (Fsp3) is 0.200. The molecule has 1 heteroatoms. The van der Waals surface area contributed by atoms with Crippen molar-refractivity contribution in [2.75, 3.05) is 0 Å². The lowest BCUT2D eigenvalue weighted by atomic mass is 9.86. The molecule has 1 fully saturated rings. The number of hydrogen-bond donors (Lipinski definition) is 0. The van der Waals surface area contributed by atoms with Crippen LogP contribution < -0.4 is 0 Å². The van der Waals surface area contributed by atoms with Crippen LogP contribution in [0.4, 0.5) is 0 Å². The van der Waals surface area contributed by atoms with Crippen LogP contribution in [0.2, 0.25) is 0 Å². The van der Waals surface area contributed by atoms with Crippen LogP contribution in [0.5, 0.6) is 0 Å². The molecule has 2 aliphatic rings. The van der Waals surface area contributed by atoms with Crippen LogP contribution in [0.1, 0.15) is 23.0 Å². The van der Waals surface area contributed by atoms with Gasteiger partial charge in [-0.3, -0.25) is 0 Å². The largest absolute Gasteiger partial charge is 0.0877 e. The van der Waals surface area contributed by atoms with E-state index in [9.17, 15) is 0 Å². The predicted octanol–water partition coefficient (Wildman–Crippen LogP) is 4.31. The van der Waals surface area contributed by atoms with Gasteiger partial charge in [-0.15, -0.1) is 0 Å². The zero-order chi connectivity index (χ0) is 10.7. The maximum Gasteiger partial charge on any atom is 0.0296 e. The van der Waals surface area contributed by atoms with E-state index in [-0.39, 0.29) is 0 Å². The quantitative estimate of drug-likeness (QED) is 0.626. The summed E-state index contributed by atoms with van der Waals surface area (Å²) in [5.74, 6) is 1.40. The summed E-state index contributed by atoms with van der Waals surface area (Å²) in [6, 6.07) is 17.7. The Morgan fingerprint density at radius 2 is 1.12 bits per heavy atom. The lowest BCUT2D eigenvalue weighted by Crippen LogP contribution is -1.98. The van der Waals surface area contributed by atoms with Gasteiger partial charge in [0.05, 0.1) is 0 Å². The average Bonchev–Trinajstić information content (AvgIpc) is 3.02. The molecule has 1 saturated carbocycles. The van der Waals surface area contributed by atoms with Crippen LogP contribution >= 0.6 is 15.9 Å². The highest BCUT2D eigenvalue weighted by Gasteiger charge is 2.54. The summed E-state index contributed by atoms with van der Waals surface area (Å²) in [5, 5.41) is 0. The third-order valence-electron chi connectivity index (χ3n) is 3.86. The van der Waals surface area contributed by atoms with E-state index >= 15 is 0 Å². The number of alkyl halides is 1. The minimum Gasteiger partial charge on any atom is -0.0877 e. The molecule has 2 aliphatic carbocycles. The van der Waals surface area contributed by atoms with Crippen LogP contribution in [0, 0.1) is 0 Å². The van der Waals surface area contributed by atoms with Crippen molar-refractivity contribution in [2.45, 2.75) is 16.7 Å². The van der Waals surface area contributed by atoms with Gasteiger partial charge in [0.1, 0.15) is 0 Å². The van der Waals surface area contributed by atoms with Crippen molar-refractivity contribution in [2.24, 2.45) is 0 Å². The second kappa shape index (κ2) is 2.98. The molecule has 0 aliphatic heterocycles. The standard InChI is InChI=1S/C15H11Br/c16-15-13-11-7-3-1-5-9(11)10-6-2-4-8-12(10)14(13)15/h1-8,13-15H. The SMILES string of the molecule is BrC1C2c3ccccc3-c3ccccc3C12. The highest BCUT2D eigenvalue weighted by molar-refractivity contribution is 9.09. The Kier molecular flexibility index (Phi) is 1.68. The van der Waals surface area contributed by atoms with Gasteiger partial charge >= 0.3 is 0 Å². The topological polar surface area (TPSA) is 0 Å². The van der Waals surface area contributed by atoms with Gasteiger partial charge in [0.2, 0.25) is 0 Å². The van der Waals surface area contributed by atoms with Crippen molar-refractivity contribution in [1.82, 2.24) is 0 Å². The van der Waals surface area contributed by atoms with Crippen molar-refractivity contribution >= 4 is 15.9 Å². The third kappa shape index (κ3) is 0.997. The molecule has 0 bridgehead atoms. The summed E-state index contributed by atoms with van der Waals surface area (Å²) in [6.45, 7) is 0. The van der Waals surface area contributed by atoms with Gasteiger partial charge in [0.25, 0.3) is 0 Å². The second-order valence-corrected chi connectivity index (χ2v) is 5.73. The van der Waals surface area contributed by atoms with Gasteiger partial charge in [-0.25, -0.2) is 0 Å². The Morgan fingerprint density at radius 3 is 1.62 bits per heavy atom. The van der Waals surface area contributed by atoms with E-state index in [0.717, 1.165) is 0 Å². The zero-order valence-electron chi connectivity index (χ0n) is 8.73. The molecule has 4 rings (SSSR count). The summed E-state index contributed by atoms with van der Waals surface area (Å²) in [6.07, 6.45) is 0. The molecule has 2 aromatic carbocycles. The van der Waals surface area contributed by atoms with Gasteiger partial charge < -0.3 is 0 Å². The molecule has 16 heavy (non-hydrogen) atoms. The Hall–Kier alpha value is -1.08. The molecular formula is C15H11Br. The number of rotatable bonds is 0. The number of benzene rings is 2. The fourth-order valence-electron chi connectivity index (χ4n) is 3.07. The maximum absolute atomic E-state index is 3.82. The summed E-state index contributed by atoms with van der Waals surface area (Å²) in [4.78, 5) is 0.636. The monoisotopic (exact) mass is 270 g/mol. The Morgan fingerprint density at radius 1 is 0.688 bits per heavy atom. The predicted molar refractivity (Wildman–Crippen MR) is 70.1 cm³/mol. The van der Waals surface area contributed by atoms with E-state index in [0.29, 0.717) is 16.7 Å². The van der Waals surface area contributed by atoms with E-state index in [2.05, 4.69) is 64.5 Å². The minimum atomic E-state index is 0.636. The Labute approximate surface area is 103 Å². The number of fused-ring (bicyclic) bond motifs is 6. The average molecular weight is 271 g/mol. The minimum absolute atomic E-state index is 0.636. The highest BCUT2D eigenvalue weighted by atomic mass is 79.9. The van der Waals surface area contributed by atoms with E-state index in [4.69, 9.17) is 0 Å². The molecule has 0 spiro atoms. The molecule has 2 unspecified atom stereocenters. The van der Waals surface area contributed by atoms with Crippen molar-refractivity contribution < 1.29 is 0 Å².